The van der Waals surface area contributed by atoms with Gasteiger partial charge in [0.05, 0.1) is 17.8 Å². The fraction of sp³-hybridized carbons (Fsp3) is 0.364. The largest absolute Gasteiger partial charge is 0.490 e. The van der Waals surface area contributed by atoms with Crippen LogP contribution < -0.4 is 15.4 Å². The number of nitriles is 1. The molecule has 3 aromatic rings. The van der Waals surface area contributed by atoms with Crippen molar-refractivity contribution < 1.29 is 4.74 Å². The van der Waals surface area contributed by atoms with Gasteiger partial charge in [0.15, 0.2) is 5.82 Å². The summed E-state index contributed by atoms with van der Waals surface area (Å²) >= 11 is 0. The number of anilines is 3. The molecule has 0 bridgehead atoms. The Morgan fingerprint density at radius 1 is 1.17 bits per heavy atom. The first-order chi connectivity index (χ1) is 14.5. The molecule has 3 N–H and O–H groups in total. The van der Waals surface area contributed by atoms with Gasteiger partial charge in [0.1, 0.15) is 30.1 Å². The molecule has 3 aromatic heterocycles. The van der Waals surface area contributed by atoms with E-state index in [2.05, 4.69) is 36.9 Å². The number of hydrogen-bond donors (Lipinski definition) is 3. The van der Waals surface area contributed by atoms with Gasteiger partial charge >= 0.3 is 0 Å². The summed E-state index contributed by atoms with van der Waals surface area (Å²) in [4.78, 5) is 9.04. The number of hydrogen-bond acceptors (Lipinski definition) is 7. The monoisotopic (exact) mass is 403 g/mol. The quantitative estimate of drug-likeness (QED) is 0.485. The second-order valence-corrected chi connectivity index (χ2v) is 7.58. The molecule has 0 radical (unpaired) electrons. The summed E-state index contributed by atoms with van der Waals surface area (Å²) in [6.07, 6.45) is 2.20. The number of H-pyrrole nitrogens is 1. The van der Waals surface area contributed by atoms with Crippen molar-refractivity contribution in [2.45, 2.75) is 39.5 Å². The van der Waals surface area contributed by atoms with Crippen molar-refractivity contribution in [1.29, 1.82) is 5.26 Å². The van der Waals surface area contributed by atoms with E-state index >= 15 is 0 Å². The Balaban J connectivity index is 1.48. The van der Waals surface area contributed by atoms with Gasteiger partial charge in [-0.1, -0.05) is 0 Å². The van der Waals surface area contributed by atoms with Crippen LogP contribution in [0.2, 0.25) is 0 Å². The standard InChI is InChI=1S/C22H25N7O/c1-13-4-7-19(15(3)25-13)30-9-8-24-22-18(12-23)17(16-5-6-16)11-20(27-22)26-21-10-14(2)28-29-21/h4,7,10-11,16H,5-6,8-9H2,1-3H3,(H3,24,26,27,28,29). The molecule has 0 atom stereocenters. The minimum Gasteiger partial charge on any atom is -0.490 e. The third kappa shape index (κ3) is 4.51. The third-order valence-corrected chi connectivity index (χ3v) is 4.97. The zero-order valence-electron chi connectivity index (χ0n) is 17.4. The van der Waals surface area contributed by atoms with Gasteiger partial charge in [-0.05, 0) is 63.3 Å². The number of nitrogens with zero attached hydrogens (tertiary/aromatic N) is 4. The maximum Gasteiger partial charge on any atom is 0.153 e. The highest BCUT2D eigenvalue weighted by Gasteiger charge is 2.28. The fourth-order valence-corrected chi connectivity index (χ4v) is 3.36. The Morgan fingerprint density at radius 2 is 2.00 bits per heavy atom. The normalized spacial score (nSPS) is 13.0. The van der Waals surface area contributed by atoms with Gasteiger partial charge in [0.25, 0.3) is 0 Å². The van der Waals surface area contributed by atoms with Crippen LogP contribution in [0.25, 0.3) is 0 Å². The summed E-state index contributed by atoms with van der Waals surface area (Å²) in [5.41, 5.74) is 4.43. The lowest BCUT2D eigenvalue weighted by molar-refractivity contribution is 0.328. The number of ether oxygens (including phenoxy) is 1. The highest BCUT2D eigenvalue weighted by atomic mass is 16.5. The first-order valence-corrected chi connectivity index (χ1v) is 10.1. The zero-order valence-corrected chi connectivity index (χ0v) is 17.4. The lowest BCUT2D eigenvalue weighted by Gasteiger charge is -2.14. The number of pyridine rings is 2. The first kappa shape index (κ1) is 19.7. The molecule has 1 aliphatic rings. The number of aromatic nitrogens is 4. The average molecular weight is 403 g/mol. The lowest BCUT2D eigenvalue weighted by atomic mass is 10.1. The summed E-state index contributed by atoms with van der Waals surface area (Å²) in [5.74, 6) is 3.12. The molecule has 0 spiro atoms. The molecule has 8 nitrogen and oxygen atoms in total. The molecule has 1 aliphatic carbocycles. The summed E-state index contributed by atoms with van der Waals surface area (Å²) in [5, 5.41) is 23.4. The maximum absolute atomic E-state index is 9.75. The molecule has 0 unspecified atom stereocenters. The molecule has 1 saturated carbocycles. The van der Waals surface area contributed by atoms with Crippen molar-refractivity contribution in [3.63, 3.8) is 0 Å². The van der Waals surface area contributed by atoms with E-state index in [9.17, 15) is 5.26 Å². The molecule has 8 heteroatoms. The molecule has 3 heterocycles. The van der Waals surface area contributed by atoms with E-state index in [1.165, 1.54) is 0 Å². The third-order valence-electron chi connectivity index (χ3n) is 4.97. The highest BCUT2D eigenvalue weighted by Crippen LogP contribution is 2.43. The van der Waals surface area contributed by atoms with Crippen LogP contribution in [-0.4, -0.2) is 33.3 Å². The fourth-order valence-electron chi connectivity index (χ4n) is 3.36. The Hall–Kier alpha value is -3.60. The van der Waals surface area contributed by atoms with Gasteiger partial charge in [0.2, 0.25) is 0 Å². The van der Waals surface area contributed by atoms with Gasteiger partial charge in [0, 0.05) is 17.5 Å². The Bertz CT molecular complexity index is 1100. The summed E-state index contributed by atoms with van der Waals surface area (Å²) in [6, 6.07) is 10.1. The summed E-state index contributed by atoms with van der Waals surface area (Å²) in [6.45, 7) is 6.78. The first-order valence-electron chi connectivity index (χ1n) is 10.1. The predicted octanol–water partition coefficient (Wildman–Crippen LogP) is 4.11. The van der Waals surface area contributed by atoms with Crippen LogP contribution >= 0.6 is 0 Å². The van der Waals surface area contributed by atoms with E-state index in [1.807, 2.05) is 45.0 Å². The van der Waals surface area contributed by atoms with Gasteiger partial charge in [-0.2, -0.15) is 10.4 Å². The van der Waals surface area contributed by atoms with Gasteiger partial charge in [-0.25, -0.2) is 4.98 Å². The molecule has 154 valence electrons. The molecule has 0 aliphatic heterocycles. The van der Waals surface area contributed by atoms with Crippen LogP contribution in [-0.2, 0) is 0 Å². The molecular formula is C22H25N7O. The van der Waals surface area contributed by atoms with Crippen LogP contribution in [0.5, 0.6) is 5.75 Å². The van der Waals surface area contributed by atoms with Crippen LogP contribution in [0, 0.1) is 32.1 Å². The van der Waals surface area contributed by atoms with Crippen molar-refractivity contribution in [2.24, 2.45) is 0 Å². The molecule has 0 aromatic carbocycles. The van der Waals surface area contributed by atoms with E-state index in [1.54, 1.807) is 0 Å². The minimum atomic E-state index is 0.419. The number of nitrogens with one attached hydrogen (secondary N) is 3. The number of aromatic amines is 1. The van der Waals surface area contributed by atoms with Crippen molar-refractivity contribution >= 4 is 17.5 Å². The number of aryl methyl sites for hydroxylation is 3. The van der Waals surface area contributed by atoms with E-state index in [4.69, 9.17) is 4.74 Å². The molecule has 0 amide bonds. The molecular weight excluding hydrogens is 378 g/mol. The van der Waals surface area contributed by atoms with E-state index in [-0.39, 0.29) is 0 Å². The van der Waals surface area contributed by atoms with Gasteiger partial charge in [-0.15, -0.1) is 0 Å². The average Bonchev–Trinajstić information content (AvgIpc) is 3.48. The van der Waals surface area contributed by atoms with E-state index < -0.39 is 0 Å². The van der Waals surface area contributed by atoms with Crippen LogP contribution in [0.1, 0.15) is 47.0 Å². The topological polar surface area (TPSA) is 112 Å². The minimum absolute atomic E-state index is 0.419. The van der Waals surface area contributed by atoms with E-state index in [0.29, 0.717) is 42.1 Å². The smallest absolute Gasteiger partial charge is 0.153 e. The Morgan fingerprint density at radius 3 is 2.67 bits per heavy atom. The highest BCUT2D eigenvalue weighted by molar-refractivity contribution is 5.65. The molecule has 30 heavy (non-hydrogen) atoms. The molecule has 4 rings (SSSR count). The van der Waals surface area contributed by atoms with Crippen molar-refractivity contribution in [2.75, 3.05) is 23.8 Å². The van der Waals surface area contributed by atoms with E-state index in [0.717, 1.165) is 41.2 Å². The van der Waals surface area contributed by atoms with Crippen molar-refractivity contribution in [3.05, 3.63) is 52.5 Å². The predicted molar refractivity (Wildman–Crippen MR) is 115 cm³/mol. The molecule has 1 fully saturated rings. The van der Waals surface area contributed by atoms with Gasteiger partial charge in [-0.3, -0.25) is 10.1 Å². The Kier molecular flexibility index (Phi) is 5.53. The van der Waals surface area contributed by atoms with Crippen LogP contribution in [0.4, 0.5) is 17.5 Å². The van der Waals surface area contributed by atoms with Crippen LogP contribution in [0.15, 0.2) is 24.3 Å². The zero-order chi connectivity index (χ0) is 21.1. The maximum atomic E-state index is 9.75. The lowest BCUT2D eigenvalue weighted by Crippen LogP contribution is -2.15. The van der Waals surface area contributed by atoms with Crippen LogP contribution in [0.3, 0.4) is 0 Å². The summed E-state index contributed by atoms with van der Waals surface area (Å²) < 4.78 is 5.84. The molecule has 0 saturated heterocycles. The second-order valence-electron chi connectivity index (χ2n) is 7.58. The second kappa shape index (κ2) is 8.41. The van der Waals surface area contributed by atoms with Crippen molar-refractivity contribution in [1.82, 2.24) is 20.2 Å². The summed E-state index contributed by atoms with van der Waals surface area (Å²) in [7, 11) is 0. The van der Waals surface area contributed by atoms with Crippen molar-refractivity contribution in [3.8, 4) is 11.8 Å². The Labute approximate surface area is 175 Å². The van der Waals surface area contributed by atoms with Gasteiger partial charge < -0.3 is 15.4 Å². The SMILES string of the molecule is Cc1ccc(OCCNc2nc(Nc3cc(C)[nH]n3)cc(C3CC3)c2C#N)c(C)n1. The number of rotatable bonds is 8.